The van der Waals surface area contributed by atoms with Gasteiger partial charge in [-0.2, -0.15) is 0 Å². The Hall–Kier alpha value is -3.14. The number of rotatable bonds is 2. The van der Waals surface area contributed by atoms with E-state index in [0.717, 1.165) is 22.4 Å². The van der Waals surface area contributed by atoms with E-state index in [9.17, 15) is 4.79 Å². The van der Waals surface area contributed by atoms with E-state index in [1.54, 1.807) is 0 Å². The van der Waals surface area contributed by atoms with Crippen molar-refractivity contribution in [3.63, 3.8) is 0 Å². The lowest BCUT2D eigenvalue weighted by atomic mass is 10.0. The molecule has 23 heavy (non-hydrogen) atoms. The second kappa shape index (κ2) is 5.25. The van der Waals surface area contributed by atoms with Gasteiger partial charge in [-0.25, -0.2) is 4.98 Å². The lowest BCUT2D eigenvalue weighted by molar-refractivity contribution is 1.08. The fourth-order valence-electron chi connectivity index (χ4n) is 2.93. The zero-order chi connectivity index (χ0) is 15.8. The van der Waals surface area contributed by atoms with E-state index in [2.05, 4.69) is 29.0 Å². The number of nitrogens with zero attached hydrogens (tertiary/aromatic N) is 2. The van der Waals surface area contributed by atoms with E-state index >= 15 is 0 Å². The maximum Gasteiger partial charge on any atom is 0.275 e. The van der Waals surface area contributed by atoms with Crippen LogP contribution in [0.25, 0.3) is 27.8 Å². The molecule has 0 aliphatic heterocycles. The second-order valence-corrected chi connectivity index (χ2v) is 5.49. The van der Waals surface area contributed by atoms with Gasteiger partial charge in [0, 0.05) is 17.4 Å². The van der Waals surface area contributed by atoms with Crippen LogP contribution in [0, 0.1) is 6.92 Å². The van der Waals surface area contributed by atoms with E-state index in [0.29, 0.717) is 11.0 Å². The molecule has 0 bridgehead atoms. The minimum absolute atomic E-state index is 0.140. The molecule has 0 radical (unpaired) electrons. The molecule has 0 aliphatic carbocycles. The molecular weight excluding hydrogens is 286 g/mol. The summed E-state index contributed by atoms with van der Waals surface area (Å²) in [5.74, 6) is 0. The standard InChI is InChI=1S/C19H15N3O/c1-13-7-5-6-10-15(13)16-11-22(14-8-3-2-4-9-14)18-17(16)20-12-21-19(18)23/h2-12H,1H3,(H,20,21,23). The number of hydrogen-bond acceptors (Lipinski definition) is 2. The van der Waals surface area contributed by atoms with Crippen LogP contribution in [0.2, 0.25) is 0 Å². The quantitative estimate of drug-likeness (QED) is 0.614. The van der Waals surface area contributed by atoms with Crippen molar-refractivity contribution in [2.24, 2.45) is 0 Å². The molecule has 0 atom stereocenters. The van der Waals surface area contributed by atoms with E-state index in [1.165, 1.54) is 6.33 Å². The van der Waals surface area contributed by atoms with Gasteiger partial charge in [-0.05, 0) is 30.2 Å². The number of H-pyrrole nitrogens is 1. The average molecular weight is 301 g/mol. The minimum atomic E-state index is -0.140. The third-order valence-corrected chi connectivity index (χ3v) is 4.05. The number of hydrogen-bond donors (Lipinski definition) is 1. The smallest absolute Gasteiger partial charge is 0.275 e. The van der Waals surface area contributed by atoms with Crippen LogP contribution in [0.1, 0.15) is 5.56 Å². The molecule has 0 saturated carbocycles. The highest BCUT2D eigenvalue weighted by atomic mass is 16.1. The predicted molar refractivity (Wildman–Crippen MR) is 91.9 cm³/mol. The lowest BCUT2D eigenvalue weighted by Gasteiger charge is -2.03. The SMILES string of the molecule is Cc1ccccc1-c1cn(-c2ccccc2)c2c(=O)[nH]cnc12. The van der Waals surface area contributed by atoms with Gasteiger partial charge >= 0.3 is 0 Å². The molecule has 0 spiro atoms. The molecule has 112 valence electrons. The van der Waals surface area contributed by atoms with Crippen molar-refractivity contribution < 1.29 is 0 Å². The summed E-state index contributed by atoms with van der Waals surface area (Å²) >= 11 is 0. The van der Waals surface area contributed by atoms with Crippen LogP contribution in [-0.2, 0) is 0 Å². The molecule has 0 fully saturated rings. The number of aromatic amines is 1. The van der Waals surface area contributed by atoms with Crippen LogP contribution >= 0.6 is 0 Å². The Labute approximate surface area is 133 Å². The van der Waals surface area contributed by atoms with E-state index in [1.807, 2.05) is 53.2 Å². The lowest BCUT2D eigenvalue weighted by Crippen LogP contribution is -2.09. The van der Waals surface area contributed by atoms with Crippen molar-refractivity contribution in [3.8, 4) is 16.8 Å². The number of nitrogens with one attached hydrogen (secondary N) is 1. The van der Waals surface area contributed by atoms with Gasteiger partial charge in [0.05, 0.1) is 6.33 Å². The average Bonchev–Trinajstić information content (AvgIpc) is 2.97. The molecule has 1 N–H and O–H groups in total. The molecule has 2 aromatic heterocycles. The van der Waals surface area contributed by atoms with Crippen LogP contribution in [0.3, 0.4) is 0 Å². The number of aromatic nitrogens is 3. The zero-order valence-electron chi connectivity index (χ0n) is 12.7. The Bertz CT molecular complexity index is 1050. The summed E-state index contributed by atoms with van der Waals surface area (Å²) in [6, 6.07) is 18.0. The molecule has 0 unspecified atom stereocenters. The van der Waals surface area contributed by atoms with Crippen molar-refractivity contribution in [3.05, 3.63) is 83.0 Å². The van der Waals surface area contributed by atoms with Gasteiger partial charge in [0.2, 0.25) is 0 Å². The van der Waals surface area contributed by atoms with Gasteiger partial charge in [0.25, 0.3) is 5.56 Å². The van der Waals surface area contributed by atoms with Gasteiger partial charge in [0.1, 0.15) is 11.0 Å². The van der Waals surface area contributed by atoms with Crippen LogP contribution < -0.4 is 5.56 Å². The summed E-state index contributed by atoms with van der Waals surface area (Å²) < 4.78 is 1.91. The van der Waals surface area contributed by atoms with Crippen LogP contribution in [-0.4, -0.2) is 14.5 Å². The summed E-state index contributed by atoms with van der Waals surface area (Å²) in [4.78, 5) is 19.5. The molecule has 4 nitrogen and oxygen atoms in total. The Balaban J connectivity index is 2.11. The summed E-state index contributed by atoms with van der Waals surface area (Å²) in [5.41, 5.74) is 5.29. The molecule has 4 heteroatoms. The van der Waals surface area contributed by atoms with Crippen molar-refractivity contribution in [1.82, 2.24) is 14.5 Å². The highest BCUT2D eigenvalue weighted by Gasteiger charge is 2.16. The van der Waals surface area contributed by atoms with Crippen molar-refractivity contribution in [1.29, 1.82) is 0 Å². The molecule has 4 rings (SSSR count). The molecule has 2 aromatic carbocycles. The maximum atomic E-state index is 12.4. The number of para-hydroxylation sites is 1. The Morgan fingerprint density at radius 1 is 0.957 bits per heavy atom. The second-order valence-electron chi connectivity index (χ2n) is 5.49. The van der Waals surface area contributed by atoms with Crippen LogP contribution in [0.4, 0.5) is 0 Å². The van der Waals surface area contributed by atoms with Crippen LogP contribution in [0.15, 0.2) is 71.9 Å². The van der Waals surface area contributed by atoms with Crippen LogP contribution in [0.5, 0.6) is 0 Å². The first-order valence-corrected chi connectivity index (χ1v) is 7.46. The Morgan fingerprint density at radius 2 is 1.70 bits per heavy atom. The minimum Gasteiger partial charge on any atom is -0.311 e. The third kappa shape index (κ3) is 2.16. The summed E-state index contributed by atoms with van der Waals surface area (Å²) in [5, 5.41) is 0. The molecular formula is C19H15N3O. The van der Waals surface area contributed by atoms with E-state index < -0.39 is 0 Å². The zero-order valence-corrected chi connectivity index (χ0v) is 12.7. The normalized spacial score (nSPS) is 11.0. The monoisotopic (exact) mass is 301 g/mol. The summed E-state index contributed by atoms with van der Waals surface area (Å²) in [6.07, 6.45) is 3.45. The van der Waals surface area contributed by atoms with Crippen molar-refractivity contribution >= 4 is 11.0 Å². The number of aryl methyl sites for hydroxylation is 1. The molecule has 0 aliphatic rings. The highest BCUT2D eigenvalue weighted by Crippen LogP contribution is 2.31. The third-order valence-electron chi connectivity index (χ3n) is 4.05. The van der Waals surface area contributed by atoms with Crippen molar-refractivity contribution in [2.75, 3.05) is 0 Å². The highest BCUT2D eigenvalue weighted by molar-refractivity contribution is 5.94. The van der Waals surface area contributed by atoms with Gasteiger partial charge in [-0.1, -0.05) is 42.5 Å². The Morgan fingerprint density at radius 3 is 2.48 bits per heavy atom. The molecule has 0 saturated heterocycles. The fraction of sp³-hybridized carbons (Fsp3) is 0.0526. The molecule has 4 aromatic rings. The first-order valence-electron chi connectivity index (χ1n) is 7.46. The van der Waals surface area contributed by atoms with E-state index in [4.69, 9.17) is 0 Å². The first kappa shape index (κ1) is 13.5. The van der Waals surface area contributed by atoms with Gasteiger partial charge in [0.15, 0.2) is 0 Å². The first-order chi connectivity index (χ1) is 11.3. The summed E-state index contributed by atoms with van der Waals surface area (Å²) in [6.45, 7) is 2.06. The molecule has 2 heterocycles. The van der Waals surface area contributed by atoms with Crippen molar-refractivity contribution in [2.45, 2.75) is 6.92 Å². The maximum absolute atomic E-state index is 12.4. The fourth-order valence-corrected chi connectivity index (χ4v) is 2.93. The van der Waals surface area contributed by atoms with Gasteiger partial charge in [-0.3, -0.25) is 4.79 Å². The van der Waals surface area contributed by atoms with E-state index in [-0.39, 0.29) is 5.56 Å². The predicted octanol–water partition coefficient (Wildman–Crippen LogP) is 3.69. The van der Waals surface area contributed by atoms with Gasteiger partial charge in [-0.15, -0.1) is 0 Å². The summed E-state index contributed by atoms with van der Waals surface area (Å²) in [7, 11) is 0. The number of benzene rings is 2. The largest absolute Gasteiger partial charge is 0.311 e. The number of fused-ring (bicyclic) bond motifs is 1. The topological polar surface area (TPSA) is 50.7 Å². The Kier molecular flexibility index (Phi) is 3.08. The van der Waals surface area contributed by atoms with Gasteiger partial charge < -0.3 is 9.55 Å². The molecule has 0 amide bonds.